The molecule has 6 heteroatoms. The third-order valence-corrected chi connectivity index (χ3v) is 3.10. The van der Waals surface area contributed by atoms with Crippen LogP contribution in [0.25, 0.3) is 27.8 Å². The minimum atomic E-state index is 0.355. The highest BCUT2D eigenvalue weighted by molar-refractivity contribution is 6.32. The molecule has 0 amide bonds. The molecule has 0 aliphatic rings. The Morgan fingerprint density at radius 1 is 1.00 bits per heavy atom. The van der Waals surface area contributed by atoms with Gasteiger partial charge in [0.25, 0.3) is 0 Å². The highest BCUT2D eigenvalue weighted by Gasteiger charge is 2.12. The summed E-state index contributed by atoms with van der Waals surface area (Å²) in [7, 11) is 0. The SMILES string of the molecule is Clc1nc2cncnc2n2c1nc1ccccc12. The van der Waals surface area contributed by atoms with Gasteiger partial charge in [0.15, 0.2) is 16.4 Å². The van der Waals surface area contributed by atoms with Crippen LogP contribution in [0.1, 0.15) is 0 Å². The van der Waals surface area contributed by atoms with Gasteiger partial charge in [0.1, 0.15) is 11.8 Å². The van der Waals surface area contributed by atoms with Crippen LogP contribution in [0.15, 0.2) is 36.8 Å². The Morgan fingerprint density at radius 2 is 1.89 bits per heavy atom. The molecular weight excluding hydrogens is 250 g/mol. The fourth-order valence-electron chi connectivity index (χ4n) is 2.10. The highest BCUT2D eigenvalue weighted by atomic mass is 35.5. The number of benzene rings is 1. The lowest BCUT2D eigenvalue weighted by Gasteiger charge is -2.01. The molecule has 18 heavy (non-hydrogen) atoms. The van der Waals surface area contributed by atoms with Gasteiger partial charge in [-0.3, -0.25) is 4.40 Å². The second-order valence-corrected chi connectivity index (χ2v) is 4.25. The summed E-state index contributed by atoms with van der Waals surface area (Å²) in [5.74, 6) is 0. The van der Waals surface area contributed by atoms with E-state index in [1.165, 1.54) is 6.33 Å². The van der Waals surface area contributed by atoms with E-state index in [4.69, 9.17) is 11.6 Å². The first-order chi connectivity index (χ1) is 8.84. The number of fused-ring (bicyclic) bond motifs is 5. The fraction of sp³-hybridized carbons (Fsp3) is 0. The number of nitrogens with zero attached hydrogens (tertiary/aromatic N) is 5. The number of halogens is 1. The molecule has 0 saturated heterocycles. The predicted molar refractivity (Wildman–Crippen MR) is 68.6 cm³/mol. The van der Waals surface area contributed by atoms with Gasteiger partial charge in [-0.1, -0.05) is 23.7 Å². The van der Waals surface area contributed by atoms with Gasteiger partial charge in [-0.05, 0) is 12.1 Å². The Bertz CT molecular complexity index is 899. The van der Waals surface area contributed by atoms with Crippen molar-refractivity contribution >= 4 is 39.4 Å². The van der Waals surface area contributed by atoms with Crippen molar-refractivity contribution in [3.05, 3.63) is 41.9 Å². The summed E-state index contributed by atoms with van der Waals surface area (Å²) in [5.41, 5.74) is 3.80. The number of imidazole rings is 1. The Hall–Kier alpha value is -2.27. The number of hydrogen-bond acceptors (Lipinski definition) is 4. The lowest BCUT2D eigenvalue weighted by Crippen LogP contribution is -1.96. The molecular formula is C12H6ClN5. The second-order valence-electron chi connectivity index (χ2n) is 3.89. The molecule has 4 rings (SSSR count). The summed E-state index contributed by atoms with van der Waals surface area (Å²) in [6.07, 6.45) is 3.13. The van der Waals surface area contributed by atoms with E-state index in [9.17, 15) is 0 Å². The Balaban J connectivity index is 2.41. The molecule has 0 saturated carbocycles. The Morgan fingerprint density at radius 3 is 2.83 bits per heavy atom. The Kier molecular flexibility index (Phi) is 1.82. The van der Waals surface area contributed by atoms with E-state index in [0.717, 1.165) is 11.0 Å². The third kappa shape index (κ3) is 1.16. The van der Waals surface area contributed by atoms with Crippen LogP contribution in [0.3, 0.4) is 0 Å². The monoisotopic (exact) mass is 255 g/mol. The van der Waals surface area contributed by atoms with Gasteiger partial charge in [0.2, 0.25) is 0 Å². The van der Waals surface area contributed by atoms with E-state index < -0.39 is 0 Å². The maximum absolute atomic E-state index is 6.16. The van der Waals surface area contributed by atoms with E-state index in [1.807, 2.05) is 28.7 Å². The lowest BCUT2D eigenvalue weighted by atomic mass is 10.3. The number of rotatable bonds is 0. The molecule has 4 aromatic rings. The molecule has 0 bridgehead atoms. The van der Waals surface area contributed by atoms with Crippen molar-refractivity contribution < 1.29 is 0 Å². The van der Waals surface area contributed by atoms with Crippen molar-refractivity contribution in [2.75, 3.05) is 0 Å². The summed E-state index contributed by atoms with van der Waals surface area (Å²) >= 11 is 6.16. The van der Waals surface area contributed by atoms with E-state index in [0.29, 0.717) is 22.0 Å². The van der Waals surface area contributed by atoms with Crippen molar-refractivity contribution in [2.45, 2.75) is 0 Å². The zero-order valence-electron chi connectivity index (χ0n) is 9.08. The first-order valence-corrected chi connectivity index (χ1v) is 5.75. The highest BCUT2D eigenvalue weighted by Crippen LogP contribution is 2.24. The number of hydrogen-bond donors (Lipinski definition) is 0. The van der Waals surface area contributed by atoms with Gasteiger partial charge < -0.3 is 0 Å². The molecule has 0 radical (unpaired) electrons. The average molecular weight is 256 g/mol. The van der Waals surface area contributed by atoms with Crippen LogP contribution >= 0.6 is 11.6 Å². The number of para-hydroxylation sites is 2. The number of aromatic nitrogens is 5. The standard InChI is InChI=1S/C12H6ClN5/c13-10-12-17-7-3-1-2-4-9(7)18(12)11-8(16-10)5-14-6-15-11/h1-6H. The molecule has 3 heterocycles. The molecule has 1 aromatic carbocycles. The predicted octanol–water partition coefficient (Wildman–Crippen LogP) is 2.48. The zero-order chi connectivity index (χ0) is 12.1. The maximum Gasteiger partial charge on any atom is 0.177 e. The van der Waals surface area contributed by atoms with Crippen LogP contribution in [-0.2, 0) is 0 Å². The minimum absolute atomic E-state index is 0.355. The summed E-state index contributed by atoms with van der Waals surface area (Å²) in [5, 5.41) is 0.355. The minimum Gasteiger partial charge on any atom is -0.272 e. The average Bonchev–Trinajstić information content (AvgIpc) is 2.79. The third-order valence-electron chi connectivity index (χ3n) is 2.85. The summed E-state index contributed by atoms with van der Waals surface area (Å²) in [4.78, 5) is 17.0. The first-order valence-electron chi connectivity index (χ1n) is 5.37. The van der Waals surface area contributed by atoms with Gasteiger partial charge >= 0.3 is 0 Å². The van der Waals surface area contributed by atoms with E-state index in [2.05, 4.69) is 19.9 Å². The van der Waals surface area contributed by atoms with Crippen molar-refractivity contribution in [1.29, 1.82) is 0 Å². The molecule has 3 aromatic heterocycles. The molecule has 86 valence electrons. The molecule has 0 unspecified atom stereocenters. The first kappa shape index (κ1) is 9.73. The molecule has 0 fully saturated rings. The molecule has 5 nitrogen and oxygen atoms in total. The fourth-order valence-corrected chi connectivity index (χ4v) is 2.32. The largest absolute Gasteiger partial charge is 0.272 e. The molecule has 0 spiro atoms. The van der Waals surface area contributed by atoms with Crippen LogP contribution in [0, 0.1) is 0 Å². The van der Waals surface area contributed by atoms with E-state index in [1.54, 1.807) is 6.20 Å². The van der Waals surface area contributed by atoms with Crippen LogP contribution in [0.4, 0.5) is 0 Å². The van der Waals surface area contributed by atoms with Crippen LogP contribution in [0.5, 0.6) is 0 Å². The van der Waals surface area contributed by atoms with Crippen molar-refractivity contribution in [3.8, 4) is 0 Å². The smallest absolute Gasteiger partial charge is 0.177 e. The summed E-state index contributed by atoms with van der Waals surface area (Å²) in [6, 6.07) is 7.81. The van der Waals surface area contributed by atoms with Gasteiger partial charge in [-0.15, -0.1) is 0 Å². The van der Waals surface area contributed by atoms with Crippen LogP contribution in [-0.4, -0.2) is 24.3 Å². The topological polar surface area (TPSA) is 56.0 Å². The van der Waals surface area contributed by atoms with Gasteiger partial charge in [0, 0.05) is 0 Å². The normalized spacial score (nSPS) is 11.6. The molecule has 0 aliphatic carbocycles. The van der Waals surface area contributed by atoms with Crippen molar-refractivity contribution in [3.63, 3.8) is 0 Å². The molecule has 0 N–H and O–H groups in total. The second kappa shape index (κ2) is 3.36. The summed E-state index contributed by atoms with van der Waals surface area (Å²) in [6.45, 7) is 0. The molecule has 0 atom stereocenters. The van der Waals surface area contributed by atoms with E-state index in [-0.39, 0.29) is 0 Å². The van der Waals surface area contributed by atoms with Gasteiger partial charge in [-0.25, -0.2) is 19.9 Å². The zero-order valence-corrected chi connectivity index (χ0v) is 9.83. The lowest BCUT2D eigenvalue weighted by molar-refractivity contribution is 1.12. The van der Waals surface area contributed by atoms with E-state index >= 15 is 0 Å². The summed E-state index contributed by atoms with van der Waals surface area (Å²) < 4.78 is 1.90. The maximum atomic E-state index is 6.16. The van der Waals surface area contributed by atoms with Crippen molar-refractivity contribution in [1.82, 2.24) is 24.3 Å². The van der Waals surface area contributed by atoms with Gasteiger partial charge in [0.05, 0.1) is 17.2 Å². The van der Waals surface area contributed by atoms with Crippen LogP contribution < -0.4 is 0 Å². The van der Waals surface area contributed by atoms with Crippen molar-refractivity contribution in [2.24, 2.45) is 0 Å². The molecule has 0 aliphatic heterocycles. The van der Waals surface area contributed by atoms with Gasteiger partial charge in [-0.2, -0.15) is 0 Å². The quantitative estimate of drug-likeness (QED) is 0.484. The van der Waals surface area contributed by atoms with Crippen LogP contribution in [0.2, 0.25) is 5.15 Å². The Labute approximate surface area is 106 Å².